The predicted molar refractivity (Wildman–Crippen MR) is 81.5 cm³/mol. The molecule has 2 aromatic rings. The molecule has 0 aliphatic carbocycles. The number of aromatic nitrogens is 2. The number of hydrogen-bond acceptors (Lipinski definition) is 3. The summed E-state index contributed by atoms with van der Waals surface area (Å²) in [5.74, 6) is 3.08. The van der Waals surface area contributed by atoms with Crippen LogP contribution in [0.5, 0.6) is 0 Å². The third-order valence-corrected chi connectivity index (χ3v) is 5.02. The van der Waals surface area contributed by atoms with Crippen molar-refractivity contribution in [3.63, 3.8) is 0 Å². The van der Waals surface area contributed by atoms with E-state index in [1.54, 1.807) is 12.1 Å². The lowest BCUT2D eigenvalue weighted by atomic mass is 10.0. The van der Waals surface area contributed by atoms with Gasteiger partial charge in [0, 0.05) is 6.54 Å². The van der Waals surface area contributed by atoms with Crippen LogP contribution in [0.3, 0.4) is 0 Å². The van der Waals surface area contributed by atoms with E-state index in [1.165, 1.54) is 24.3 Å². The average Bonchev–Trinajstić information content (AvgIpc) is 2.76. The highest BCUT2D eigenvalue weighted by Crippen LogP contribution is 2.27. The van der Waals surface area contributed by atoms with Gasteiger partial charge in [-0.15, -0.1) is 0 Å². The van der Waals surface area contributed by atoms with Gasteiger partial charge in [0.2, 0.25) is 0 Å². The fraction of sp³-hybridized carbons (Fsp3) is 0.467. The van der Waals surface area contributed by atoms with E-state index in [9.17, 15) is 9.90 Å². The Morgan fingerprint density at radius 1 is 1.45 bits per heavy atom. The first-order valence-electron chi connectivity index (χ1n) is 6.93. The molecule has 5 heteroatoms. The van der Waals surface area contributed by atoms with E-state index in [-0.39, 0.29) is 0 Å². The predicted octanol–water partition coefficient (Wildman–Crippen LogP) is 3.19. The van der Waals surface area contributed by atoms with Crippen molar-refractivity contribution in [2.45, 2.75) is 26.3 Å². The molecule has 0 atom stereocenters. The zero-order valence-corrected chi connectivity index (χ0v) is 12.3. The van der Waals surface area contributed by atoms with E-state index in [0.717, 1.165) is 23.4 Å². The maximum atomic E-state index is 11.4. The Hall–Kier alpha value is -1.49. The van der Waals surface area contributed by atoms with E-state index < -0.39 is 5.97 Å². The Bertz CT molecular complexity index is 645. The molecule has 4 nitrogen and oxygen atoms in total. The average molecular weight is 290 g/mol. The number of hydrogen-bond donors (Lipinski definition) is 1. The van der Waals surface area contributed by atoms with Crippen molar-refractivity contribution in [3.8, 4) is 0 Å². The highest BCUT2D eigenvalue weighted by Gasteiger charge is 2.20. The van der Waals surface area contributed by atoms with Crippen LogP contribution in [0.25, 0.3) is 11.0 Å². The van der Waals surface area contributed by atoms with Crippen molar-refractivity contribution in [3.05, 3.63) is 29.6 Å². The number of carboxylic acid groups (broad SMARTS) is 1. The molecule has 0 bridgehead atoms. The molecule has 0 amide bonds. The van der Waals surface area contributed by atoms with Gasteiger partial charge in [-0.05, 0) is 49.3 Å². The molecule has 0 radical (unpaired) electrons. The number of nitrogens with zero attached hydrogens (tertiary/aromatic N) is 2. The van der Waals surface area contributed by atoms with Gasteiger partial charge in [0.15, 0.2) is 0 Å². The molecule has 20 heavy (non-hydrogen) atoms. The second-order valence-corrected chi connectivity index (χ2v) is 6.53. The molecule has 1 aliphatic rings. The standard InChI is InChI=1S/C15H18N2O2S/c1-10-16-13-4-2-3-12(15(18)19)14(13)17(10)9-11-5-7-20-8-6-11/h2-4,11H,5-9H2,1H3,(H,18,19). The fourth-order valence-corrected chi connectivity index (χ4v) is 4.09. The van der Waals surface area contributed by atoms with Crippen LogP contribution in [0, 0.1) is 12.8 Å². The third kappa shape index (κ3) is 2.42. The van der Waals surface area contributed by atoms with Crippen molar-refractivity contribution >= 4 is 28.8 Å². The maximum Gasteiger partial charge on any atom is 0.337 e. The van der Waals surface area contributed by atoms with E-state index in [0.29, 0.717) is 11.5 Å². The molecule has 2 heterocycles. The highest BCUT2D eigenvalue weighted by molar-refractivity contribution is 7.99. The topological polar surface area (TPSA) is 55.1 Å². The number of fused-ring (bicyclic) bond motifs is 1. The van der Waals surface area contributed by atoms with E-state index in [2.05, 4.69) is 9.55 Å². The van der Waals surface area contributed by atoms with Gasteiger partial charge in [0.25, 0.3) is 0 Å². The van der Waals surface area contributed by atoms with Crippen molar-refractivity contribution in [2.75, 3.05) is 11.5 Å². The molecule has 0 spiro atoms. The van der Waals surface area contributed by atoms with Gasteiger partial charge < -0.3 is 9.67 Å². The summed E-state index contributed by atoms with van der Waals surface area (Å²) in [5.41, 5.74) is 1.91. The van der Waals surface area contributed by atoms with Gasteiger partial charge in [-0.3, -0.25) is 0 Å². The number of thioether (sulfide) groups is 1. The fourth-order valence-electron chi connectivity index (χ4n) is 2.88. The summed E-state index contributed by atoms with van der Waals surface area (Å²) in [6.07, 6.45) is 2.41. The van der Waals surface area contributed by atoms with Gasteiger partial charge in [-0.1, -0.05) is 6.07 Å². The Morgan fingerprint density at radius 3 is 2.90 bits per heavy atom. The highest BCUT2D eigenvalue weighted by atomic mass is 32.2. The number of aryl methyl sites for hydroxylation is 1. The lowest BCUT2D eigenvalue weighted by Gasteiger charge is -2.22. The van der Waals surface area contributed by atoms with Crippen LogP contribution in [0.4, 0.5) is 0 Å². The summed E-state index contributed by atoms with van der Waals surface area (Å²) in [7, 11) is 0. The first-order chi connectivity index (χ1) is 9.66. The van der Waals surface area contributed by atoms with Crippen LogP contribution in [-0.4, -0.2) is 32.1 Å². The summed E-state index contributed by atoms with van der Waals surface area (Å²) >= 11 is 2.01. The lowest BCUT2D eigenvalue weighted by Crippen LogP contribution is -2.17. The molecular formula is C15H18N2O2S. The second-order valence-electron chi connectivity index (χ2n) is 5.30. The molecule has 1 fully saturated rings. The molecule has 0 saturated carbocycles. The van der Waals surface area contributed by atoms with E-state index in [1.807, 2.05) is 24.8 Å². The zero-order valence-electron chi connectivity index (χ0n) is 11.5. The second kappa shape index (κ2) is 5.48. The number of para-hydroxylation sites is 1. The zero-order chi connectivity index (χ0) is 14.1. The molecule has 0 unspecified atom stereocenters. The Labute approximate surface area is 122 Å². The molecular weight excluding hydrogens is 272 g/mol. The van der Waals surface area contributed by atoms with E-state index in [4.69, 9.17) is 0 Å². The van der Waals surface area contributed by atoms with Gasteiger partial charge in [-0.25, -0.2) is 9.78 Å². The number of carboxylic acids is 1. The maximum absolute atomic E-state index is 11.4. The number of aromatic carboxylic acids is 1. The summed E-state index contributed by atoms with van der Waals surface area (Å²) < 4.78 is 2.10. The third-order valence-electron chi connectivity index (χ3n) is 3.97. The Morgan fingerprint density at radius 2 is 2.20 bits per heavy atom. The van der Waals surface area contributed by atoms with Gasteiger partial charge in [0.05, 0.1) is 16.6 Å². The van der Waals surface area contributed by atoms with Gasteiger partial charge in [0.1, 0.15) is 5.82 Å². The van der Waals surface area contributed by atoms with Crippen molar-refractivity contribution in [1.82, 2.24) is 9.55 Å². The summed E-state index contributed by atoms with van der Waals surface area (Å²) in [6, 6.07) is 5.32. The summed E-state index contributed by atoms with van der Waals surface area (Å²) in [6.45, 7) is 2.84. The van der Waals surface area contributed by atoms with Crippen molar-refractivity contribution in [1.29, 1.82) is 0 Å². The number of benzene rings is 1. The molecule has 1 N–H and O–H groups in total. The SMILES string of the molecule is Cc1nc2cccc(C(=O)O)c2n1CC1CCSCC1. The Balaban J connectivity index is 2.04. The van der Waals surface area contributed by atoms with Crippen molar-refractivity contribution in [2.24, 2.45) is 5.92 Å². The lowest BCUT2D eigenvalue weighted by molar-refractivity contribution is 0.0698. The quantitative estimate of drug-likeness (QED) is 0.943. The Kier molecular flexibility index (Phi) is 3.70. The number of rotatable bonds is 3. The first kappa shape index (κ1) is 13.5. The molecule has 1 aromatic heterocycles. The van der Waals surface area contributed by atoms with Gasteiger partial charge >= 0.3 is 5.97 Å². The smallest absolute Gasteiger partial charge is 0.337 e. The largest absolute Gasteiger partial charge is 0.478 e. The van der Waals surface area contributed by atoms with Crippen LogP contribution in [0.1, 0.15) is 29.0 Å². The molecule has 106 valence electrons. The molecule has 1 aromatic carbocycles. The monoisotopic (exact) mass is 290 g/mol. The van der Waals surface area contributed by atoms with Crippen LogP contribution in [-0.2, 0) is 6.54 Å². The van der Waals surface area contributed by atoms with Crippen molar-refractivity contribution < 1.29 is 9.90 Å². The molecule has 3 rings (SSSR count). The first-order valence-corrected chi connectivity index (χ1v) is 8.09. The normalized spacial score (nSPS) is 16.6. The van der Waals surface area contributed by atoms with Crippen LogP contribution >= 0.6 is 11.8 Å². The molecule has 1 aliphatic heterocycles. The summed E-state index contributed by atoms with van der Waals surface area (Å²) in [4.78, 5) is 15.9. The van der Waals surface area contributed by atoms with Crippen LogP contribution in [0.2, 0.25) is 0 Å². The minimum absolute atomic E-state index is 0.355. The minimum Gasteiger partial charge on any atom is -0.478 e. The van der Waals surface area contributed by atoms with Crippen LogP contribution in [0.15, 0.2) is 18.2 Å². The van der Waals surface area contributed by atoms with Gasteiger partial charge in [-0.2, -0.15) is 11.8 Å². The molecule has 1 saturated heterocycles. The van der Waals surface area contributed by atoms with E-state index >= 15 is 0 Å². The number of imidazole rings is 1. The van der Waals surface area contributed by atoms with Crippen LogP contribution < -0.4 is 0 Å². The summed E-state index contributed by atoms with van der Waals surface area (Å²) in [5, 5.41) is 9.38. The number of carbonyl (C=O) groups is 1. The minimum atomic E-state index is -0.879.